The van der Waals surface area contributed by atoms with Gasteiger partial charge in [-0.3, -0.25) is 0 Å². The van der Waals surface area contributed by atoms with E-state index in [2.05, 4.69) is 14.9 Å². The summed E-state index contributed by atoms with van der Waals surface area (Å²) in [6.45, 7) is 1.83. The van der Waals surface area contributed by atoms with Crippen molar-refractivity contribution in [1.82, 2.24) is 14.9 Å². The lowest BCUT2D eigenvalue weighted by molar-refractivity contribution is 0.0697. The first-order valence-corrected chi connectivity index (χ1v) is 8.41. The van der Waals surface area contributed by atoms with Gasteiger partial charge in [-0.2, -0.15) is 0 Å². The molecule has 1 unspecified atom stereocenters. The summed E-state index contributed by atoms with van der Waals surface area (Å²) in [7, 11) is 0. The summed E-state index contributed by atoms with van der Waals surface area (Å²) in [5.74, 6) is -0.924. The molecule has 1 saturated heterocycles. The zero-order chi connectivity index (χ0) is 17.2. The third-order valence-electron chi connectivity index (χ3n) is 4.68. The number of carbonyl (C=O) groups is 1. The number of carboxylic acid groups (broad SMARTS) is 1. The van der Waals surface area contributed by atoms with Crippen LogP contribution in [0.2, 0.25) is 0 Å². The molecule has 1 aromatic heterocycles. The summed E-state index contributed by atoms with van der Waals surface area (Å²) in [5, 5.41) is 13.0. The van der Waals surface area contributed by atoms with Crippen LogP contribution in [0.25, 0.3) is 22.5 Å². The molecule has 126 valence electrons. The Labute approximate surface area is 146 Å². The highest BCUT2D eigenvalue weighted by atomic mass is 16.4. The van der Waals surface area contributed by atoms with Crippen molar-refractivity contribution in [3.63, 3.8) is 0 Å². The number of aromatic nitrogens is 2. The van der Waals surface area contributed by atoms with Crippen LogP contribution in [0.3, 0.4) is 0 Å². The summed E-state index contributed by atoms with van der Waals surface area (Å²) < 4.78 is 2.13. The van der Waals surface area contributed by atoms with Crippen LogP contribution in [0.5, 0.6) is 0 Å². The zero-order valence-corrected chi connectivity index (χ0v) is 13.7. The van der Waals surface area contributed by atoms with Crippen LogP contribution < -0.4 is 5.32 Å². The fraction of sp³-hybridized carbons (Fsp3) is 0.200. The second-order valence-corrected chi connectivity index (χ2v) is 6.21. The van der Waals surface area contributed by atoms with Crippen molar-refractivity contribution in [1.29, 1.82) is 0 Å². The highest BCUT2D eigenvalue weighted by Crippen LogP contribution is 2.36. The van der Waals surface area contributed by atoms with Gasteiger partial charge in [-0.1, -0.05) is 48.5 Å². The number of carboxylic acids is 1. The second kappa shape index (κ2) is 6.53. The van der Waals surface area contributed by atoms with E-state index in [0.29, 0.717) is 11.1 Å². The van der Waals surface area contributed by atoms with E-state index in [4.69, 9.17) is 0 Å². The van der Waals surface area contributed by atoms with Crippen molar-refractivity contribution in [3.8, 4) is 22.5 Å². The van der Waals surface area contributed by atoms with Gasteiger partial charge in [0.15, 0.2) is 0 Å². The third kappa shape index (κ3) is 2.83. The minimum atomic E-state index is -0.924. The maximum atomic E-state index is 11.8. The SMILES string of the molecule is O=C(O)c1ccccc1-c1c(-c2ccccc2)ncn1C1CCNC1. The Morgan fingerprint density at radius 1 is 1.12 bits per heavy atom. The zero-order valence-electron chi connectivity index (χ0n) is 13.7. The molecule has 0 bridgehead atoms. The van der Waals surface area contributed by atoms with E-state index in [1.807, 2.05) is 48.8 Å². The van der Waals surface area contributed by atoms with Crippen molar-refractivity contribution in [2.75, 3.05) is 13.1 Å². The van der Waals surface area contributed by atoms with Crippen LogP contribution in [0.1, 0.15) is 22.8 Å². The minimum absolute atomic E-state index is 0.279. The smallest absolute Gasteiger partial charge is 0.336 e. The van der Waals surface area contributed by atoms with E-state index in [0.717, 1.165) is 36.5 Å². The van der Waals surface area contributed by atoms with E-state index in [-0.39, 0.29) is 6.04 Å². The van der Waals surface area contributed by atoms with E-state index in [1.54, 1.807) is 12.1 Å². The van der Waals surface area contributed by atoms with Crippen molar-refractivity contribution in [3.05, 3.63) is 66.5 Å². The molecule has 2 N–H and O–H groups in total. The van der Waals surface area contributed by atoms with Crippen molar-refractivity contribution < 1.29 is 9.90 Å². The Bertz CT molecular complexity index is 896. The molecule has 5 nitrogen and oxygen atoms in total. The number of aromatic carboxylic acids is 1. The van der Waals surface area contributed by atoms with Crippen LogP contribution in [0.15, 0.2) is 60.9 Å². The second-order valence-electron chi connectivity index (χ2n) is 6.21. The molecule has 0 saturated carbocycles. The van der Waals surface area contributed by atoms with E-state index in [1.165, 1.54) is 0 Å². The lowest BCUT2D eigenvalue weighted by Gasteiger charge is -2.17. The van der Waals surface area contributed by atoms with Gasteiger partial charge < -0.3 is 15.0 Å². The molecule has 5 heteroatoms. The highest BCUT2D eigenvalue weighted by molar-refractivity contribution is 5.97. The van der Waals surface area contributed by atoms with E-state index >= 15 is 0 Å². The van der Waals surface area contributed by atoms with Gasteiger partial charge in [0.25, 0.3) is 0 Å². The van der Waals surface area contributed by atoms with Gasteiger partial charge in [0.05, 0.1) is 23.3 Å². The van der Waals surface area contributed by atoms with Gasteiger partial charge >= 0.3 is 5.97 Å². The fourth-order valence-electron chi connectivity index (χ4n) is 3.46. The Balaban J connectivity index is 1.95. The number of benzene rings is 2. The molecular formula is C20H19N3O2. The Kier molecular flexibility index (Phi) is 4.07. The fourth-order valence-corrected chi connectivity index (χ4v) is 3.46. The number of rotatable bonds is 4. The number of hydrogen-bond acceptors (Lipinski definition) is 3. The molecule has 2 aromatic carbocycles. The van der Waals surface area contributed by atoms with Gasteiger partial charge in [0.1, 0.15) is 0 Å². The van der Waals surface area contributed by atoms with E-state index < -0.39 is 5.97 Å². The summed E-state index contributed by atoms with van der Waals surface area (Å²) in [5.41, 5.74) is 3.69. The molecule has 1 aliphatic rings. The largest absolute Gasteiger partial charge is 0.478 e. The normalized spacial score (nSPS) is 16.9. The van der Waals surface area contributed by atoms with Gasteiger partial charge in [-0.15, -0.1) is 0 Å². The molecule has 4 rings (SSSR count). The molecule has 0 spiro atoms. The average Bonchev–Trinajstić information content (AvgIpc) is 3.31. The predicted octanol–water partition coefficient (Wildman–Crippen LogP) is 3.45. The van der Waals surface area contributed by atoms with Crippen LogP contribution in [-0.4, -0.2) is 33.7 Å². The quantitative estimate of drug-likeness (QED) is 0.767. The molecular weight excluding hydrogens is 314 g/mol. The lowest BCUT2D eigenvalue weighted by atomic mass is 9.99. The number of nitrogens with one attached hydrogen (secondary N) is 1. The van der Waals surface area contributed by atoms with Gasteiger partial charge in [-0.25, -0.2) is 9.78 Å². The van der Waals surface area contributed by atoms with E-state index in [9.17, 15) is 9.90 Å². The van der Waals surface area contributed by atoms with Crippen LogP contribution in [0.4, 0.5) is 0 Å². The van der Waals surface area contributed by atoms with Crippen molar-refractivity contribution in [2.24, 2.45) is 0 Å². The summed E-state index contributed by atoms with van der Waals surface area (Å²) in [6.07, 6.45) is 2.85. The summed E-state index contributed by atoms with van der Waals surface area (Å²) >= 11 is 0. The topological polar surface area (TPSA) is 67.1 Å². The summed E-state index contributed by atoms with van der Waals surface area (Å²) in [6, 6.07) is 17.3. The Hall–Kier alpha value is -2.92. The average molecular weight is 333 g/mol. The van der Waals surface area contributed by atoms with Gasteiger partial charge in [0.2, 0.25) is 0 Å². The molecule has 25 heavy (non-hydrogen) atoms. The van der Waals surface area contributed by atoms with Gasteiger partial charge in [-0.05, 0) is 19.0 Å². The molecule has 2 heterocycles. The maximum Gasteiger partial charge on any atom is 0.336 e. The standard InChI is InChI=1S/C20H19N3O2/c24-20(25)17-9-5-4-8-16(17)19-18(14-6-2-1-3-7-14)22-13-23(19)15-10-11-21-12-15/h1-9,13,15,21H,10-12H2,(H,24,25). The molecule has 0 amide bonds. The lowest BCUT2D eigenvalue weighted by Crippen LogP contribution is -2.14. The molecule has 1 fully saturated rings. The third-order valence-corrected chi connectivity index (χ3v) is 4.68. The van der Waals surface area contributed by atoms with Crippen LogP contribution in [0, 0.1) is 0 Å². The molecule has 3 aromatic rings. The Morgan fingerprint density at radius 3 is 2.60 bits per heavy atom. The summed E-state index contributed by atoms with van der Waals surface area (Å²) in [4.78, 5) is 16.4. The first kappa shape index (κ1) is 15.6. The number of imidazole rings is 1. The molecule has 0 radical (unpaired) electrons. The first-order valence-electron chi connectivity index (χ1n) is 8.41. The molecule has 0 aliphatic carbocycles. The van der Waals surface area contributed by atoms with Crippen LogP contribution in [-0.2, 0) is 0 Å². The predicted molar refractivity (Wildman–Crippen MR) is 96.6 cm³/mol. The minimum Gasteiger partial charge on any atom is -0.478 e. The van der Waals surface area contributed by atoms with Crippen LogP contribution >= 0.6 is 0 Å². The highest BCUT2D eigenvalue weighted by Gasteiger charge is 2.25. The molecule has 1 atom stereocenters. The Morgan fingerprint density at radius 2 is 1.88 bits per heavy atom. The number of hydrogen-bond donors (Lipinski definition) is 2. The number of nitrogens with zero attached hydrogens (tertiary/aromatic N) is 2. The van der Waals surface area contributed by atoms with Crippen molar-refractivity contribution in [2.45, 2.75) is 12.5 Å². The molecule has 1 aliphatic heterocycles. The van der Waals surface area contributed by atoms with Crippen molar-refractivity contribution >= 4 is 5.97 Å². The monoisotopic (exact) mass is 333 g/mol. The first-order chi connectivity index (χ1) is 12.3. The maximum absolute atomic E-state index is 11.8. The van der Waals surface area contributed by atoms with Gasteiger partial charge in [0, 0.05) is 23.7 Å².